The third-order valence-corrected chi connectivity index (χ3v) is 7.51. The number of rotatable bonds is 7. The van der Waals surface area contributed by atoms with Crippen LogP contribution in [0.5, 0.6) is 5.75 Å². The Balaban J connectivity index is 1.25. The highest BCUT2D eigenvalue weighted by molar-refractivity contribution is 5.44. The van der Waals surface area contributed by atoms with Gasteiger partial charge in [0.25, 0.3) is 5.56 Å². The van der Waals surface area contributed by atoms with Gasteiger partial charge in [-0.1, -0.05) is 36.1 Å². The molecule has 1 unspecified atom stereocenters. The highest BCUT2D eigenvalue weighted by Gasteiger charge is 2.29. The Kier molecular flexibility index (Phi) is 8.04. The van der Waals surface area contributed by atoms with Crippen LogP contribution in [0.4, 0.5) is 0 Å². The third-order valence-electron chi connectivity index (χ3n) is 7.51. The van der Waals surface area contributed by atoms with Crippen molar-refractivity contribution in [2.75, 3.05) is 32.7 Å². The Labute approximate surface area is 228 Å². The number of hydrogen-bond acceptors (Lipinski definition) is 7. The van der Waals surface area contributed by atoms with E-state index in [9.17, 15) is 9.90 Å². The summed E-state index contributed by atoms with van der Waals surface area (Å²) in [6.07, 6.45) is 2.67. The Morgan fingerprint density at radius 2 is 1.59 bits per heavy atom. The van der Waals surface area contributed by atoms with Crippen molar-refractivity contribution >= 4 is 0 Å². The van der Waals surface area contributed by atoms with Crippen molar-refractivity contribution < 1.29 is 5.11 Å². The van der Waals surface area contributed by atoms with E-state index in [0.717, 1.165) is 55.8 Å². The van der Waals surface area contributed by atoms with Crippen LogP contribution in [-0.2, 0) is 13.0 Å². The molecule has 1 aromatic heterocycles. The average molecular weight is 519 g/mol. The molecule has 2 saturated heterocycles. The van der Waals surface area contributed by atoms with Gasteiger partial charge < -0.3 is 15.0 Å². The zero-order valence-electron chi connectivity index (χ0n) is 21.7. The summed E-state index contributed by atoms with van der Waals surface area (Å²) < 4.78 is 0. The van der Waals surface area contributed by atoms with Crippen LogP contribution in [0.1, 0.15) is 40.3 Å². The number of aromatic nitrogens is 2. The van der Waals surface area contributed by atoms with Gasteiger partial charge in [-0.2, -0.15) is 10.5 Å². The Morgan fingerprint density at radius 3 is 2.23 bits per heavy atom. The Bertz CT molecular complexity index is 1500. The molecular weight excluding hydrogens is 488 g/mol. The minimum atomic E-state index is -0.547. The lowest BCUT2D eigenvalue weighted by Gasteiger charge is -2.37. The number of likely N-dealkylation sites (tertiary alicyclic amines) is 2. The van der Waals surface area contributed by atoms with E-state index in [2.05, 4.69) is 55.9 Å². The molecule has 8 heteroatoms. The summed E-state index contributed by atoms with van der Waals surface area (Å²) in [5, 5.41) is 28.4. The number of aromatic amines is 1. The molecule has 0 spiro atoms. The second kappa shape index (κ2) is 12.0. The highest BCUT2D eigenvalue weighted by Crippen LogP contribution is 2.27. The molecule has 196 valence electrons. The predicted molar refractivity (Wildman–Crippen MR) is 146 cm³/mol. The molecule has 0 bridgehead atoms. The Hall–Kier alpha value is -4.42. The van der Waals surface area contributed by atoms with Crippen LogP contribution in [-0.4, -0.2) is 57.6 Å². The fourth-order valence-electron chi connectivity index (χ4n) is 5.23. The van der Waals surface area contributed by atoms with E-state index in [4.69, 9.17) is 10.5 Å². The quantitative estimate of drug-likeness (QED) is 0.462. The third kappa shape index (κ3) is 6.54. The van der Waals surface area contributed by atoms with Crippen molar-refractivity contribution in [2.24, 2.45) is 11.8 Å². The van der Waals surface area contributed by atoms with Crippen LogP contribution < -0.4 is 5.56 Å². The van der Waals surface area contributed by atoms with Gasteiger partial charge in [-0.15, -0.1) is 0 Å². The Morgan fingerprint density at radius 1 is 0.949 bits per heavy atom. The SMILES string of the molecule is N#CC1CN(CC(Cc2nc[nH]c(=O)c2O)c2ccc(C#Cc3ccc(CN4CC[C@H](C#N)C4)cc3)cc2)C1. The monoisotopic (exact) mass is 518 g/mol. The fraction of sp³-hybridized carbons (Fsp3) is 0.355. The van der Waals surface area contributed by atoms with Crippen molar-refractivity contribution in [3.8, 4) is 29.7 Å². The predicted octanol–water partition coefficient (Wildman–Crippen LogP) is 3.00. The number of hydrogen-bond donors (Lipinski definition) is 2. The molecule has 2 aliphatic heterocycles. The number of nitrogens with zero attached hydrogens (tertiary/aromatic N) is 5. The lowest BCUT2D eigenvalue weighted by Crippen LogP contribution is -2.47. The fourth-order valence-corrected chi connectivity index (χ4v) is 5.23. The van der Waals surface area contributed by atoms with Crippen molar-refractivity contribution in [1.29, 1.82) is 10.5 Å². The first-order valence-electron chi connectivity index (χ1n) is 13.2. The molecule has 3 heterocycles. The summed E-state index contributed by atoms with van der Waals surface area (Å²) in [4.78, 5) is 23.0. The molecule has 2 N–H and O–H groups in total. The maximum absolute atomic E-state index is 11.9. The van der Waals surface area contributed by atoms with Crippen molar-refractivity contribution in [1.82, 2.24) is 19.8 Å². The number of benzene rings is 2. The first kappa shape index (κ1) is 26.2. The van der Waals surface area contributed by atoms with Crippen LogP contribution in [0.15, 0.2) is 59.7 Å². The topological polar surface area (TPSA) is 120 Å². The van der Waals surface area contributed by atoms with E-state index in [1.165, 1.54) is 11.9 Å². The normalized spacial score (nSPS) is 18.4. The lowest BCUT2D eigenvalue weighted by atomic mass is 9.90. The minimum absolute atomic E-state index is 0.00144. The molecule has 2 aromatic carbocycles. The summed E-state index contributed by atoms with van der Waals surface area (Å²) in [7, 11) is 0. The molecule has 5 rings (SSSR count). The van der Waals surface area contributed by atoms with Crippen molar-refractivity contribution in [2.45, 2.75) is 25.3 Å². The molecule has 8 nitrogen and oxygen atoms in total. The molecule has 39 heavy (non-hydrogen) atoms. The van der Waals surface area contributed by atoms with Crippen LogP contribution in [0, 0.1) is 46.3 Å². The van der Waals surface area contributed by atoms with E-state index in [0.29, 0.717) is 18.7 Å². The van der Waals surface area contributed by atoms with Gasteiger partial charge in [0.05, 0.1) is 36.0 Å². The summed E-state index contributed by atoms with van der Waals surface area (Å²) >= 11 is 0. The molecule has 2 atom stereocenters. The van der Waals surface area contributed by atoms with Crippen molar-refractivity contribution in [3.63, 3.8) is 0 Å². The summed E-state index contributed by atoms with van der Waals surface area (Å²) in [5.41, 5.74) is 3.94. The van der Waals surface area contributed by atoms with E-state index < -0.39 is 5.56 Å². The van der Waals surface area contributed by atoms with Crippen LogP contribution in [0.3, 0.4) is 0 Å². The smallest absolute Gasteiger partial charge is 0.293 e. The lowest BCUT2D eigenvalue weighted by molar-refractivity contribution is 0.125. The molecule has 0 amide bonds. The summed E-state index contributed by atoms with van der Waals surface area (Å²) in [5.74, 6) is 6.33. The average Bonchev–Trinajstić information content (AvgIpc) is 3.39. The van der Waals surface area contributed by atoms with Gasteiger partial charge in [0.2, 0.25) is 5.75 Å². The molecule has 0 saturated carbocycles. The van der Waals surface area contributed by atoms with Gasteiger partial charge in [0.15, 0.2) is 0 Å². The van der Waals surface area contributed by atoms with Gasteiger partial charge in [-0.25, -0.2) is 4.98 Å². The van der Waals surface area contributed by atoms with Gasteiger partial charge in [0.1, 0.15) is 0 Å². The molecule has 2 aliphatic rings. The zero-order chi connectivity index (χ0) is 27.2. The molecular formula is C31H30N6O2. The van der Waals surface area contributed by atoms with Crippen LogP contribution in [0.25, 0.3) is 0 Å². The first-order valence-corrected chi connectivity index (χ1v) is 13.2. The largest absolute Gasteiger partial charge is 0.502 e. The second-order valence-electron chi connectivity index (χ2n) is 10.4. The molecule has 3 aromatic rings. The number of nitrogens with one attached hydrogen (secondary N) is 1. The van der Waals surface area contributed by atoms with Crippen LogP contribution in [0.2, 0.25) is 0 Å². The highest BCUT2D eigenvalue weighted by atomic mass is 16.3. The number of H-pyrrole nitrogens is 1. The molecule has 0 radical (unpaired) electrons. The number of aromatic hydroxyl groups is 1. The van der Waals surface area contributed by atoms with Crippen LogP contribution >= 0.6 is 0 Å². The van der Waals surface area contributed by atoms with Gasteiger partial charge in [0, 0.05) is 56.2 Å². The van der Waals surface area contributed by atoms with Gasteiger partial charge >= 0.3 is 0 Å². The van der Waals surface area contributed by atoms with Gasteiger partial charge in [-0.3, -0.25) is 9.69 Å². The standard InChI is InChI=1S/C31H30N6O2/c32-14-25-11-12-36(17-25)16-24-5-3-22(4-6-24)1-2-23-7-9-27(10-8-23)28(20-37-18-26(15-33)19-37)13-29-30(38)31(39)35-21-34-29/h3-10,21,25-26,28,38H,11-13,16-20H2,(H,34,35,39)/t25-,28?/m1/s1. The van der Waals surface area contributed by atoms with E-state index in [-0.39, 0.29) is 23.5 Å². The summed E-state index contributed by atoms with van der Waals surface area (Å²) in [6, 6.07) is 21.0. The van der Waals surface area contributed by atoms with E-state index >= 15 is 0 Å². The molecule has 0 aliphatic carbocycles. The maximum Gasteiger partial charge on any atom is 0.293 e. The van der Waals surface area contributed by atoms with Crippen molar-refractivity contribution in [3.05, 3.63) is 93.2 Å². The maximum atomic E-state index is 11.9. The minimum Gasteiger partial charge on any atom is -0.502 e. The zero-order valence-corrected chi connectivity index (χ0v) is 21.7. The summed E-state index contributed by atoms with van der Waals surface area (Å²) in [6.45, 7) is 4.82. The van der Waals surface area contributed by atoms with Gasteiger partial charge in [-0.05, 0) is 48.4 Å². The first-order chi connectivity index (χ1) is 19.0. The number of nitriles is 2. The molecule has 2 fully saturated rings. The van der Waals surface area contributed by atoms with E-state index in [1.807, 2.05) is 36.4 Å². The van der Waals surface area contributed by atoms with E-state index in [1.54, 1.807) is 0 Å². The second-order valence-corrected chi connectivity index (χ2v) is 10.4.